The molecule has 7 nitrogen and oxygen atoms in total. The number of anilines is 1. The summed E-state index contributed by atoms with van der Waals surface area (Å²) in [6.45, 7) is 0. The Hall–Kier alpha value is -2.61. The van der Waals surface area contributed by atoms with Crippen LogP contribution in [0.3, 0.4) is 0 Å². The number of hydrogen-bond donors (Lipinski definition) is 1. The van der Waals surface area contributed by atoms with E-state index in [2.05, 4.69) is 27.1 Å². The highest BCUT2D eigenvalue weighted by atomic mass is 32.2. The molecule has 112 valence electrons. The summed E-state index contributed by atoms with van der Waals surface area (Å²) in [7, 11) is -3.85. The van der Waals surface area contributed by atoms with E-state index in [9.17, 15) is 18.5 Å². The van der Waals surface area contributed by atoms with E-state index >= 15 is 0 Å². The Morgan fingerprint density at radius 1 is 1.18 bits per heavy atom. The van der Waals surface area contributed by atoms with E-state index in [1.165, 1.54) is 42.5 Å². The Kier molecular flexibility index (Phi) is 4.62. The molecular weight excluding hydrogens is 326 g/mol. The van der Waals surface area contributed by atoms with Crippen molar-refractivity contribution in [1.82, 2.24) is 0 Å². The zero-order valence-corrected chi connectivity index (χ0v) is 12.6. The van der Waals surface area contributed by atoms with Gasteiger partial charge in [0.1, 0.15) is 0 Å². The summed E-state index contributed by atoms with van der Waals surface area (Å²) in [6, 6.07) is 10.9. The first-order valence-electron chi connectivity index (χ1n) is 5.87. The summed E-state index contributed by atoms with van der Waals surface area (Å²) in [5, 5.41) is 12.9. The molecule has 0 saturated carbocycles. The summed E-state index contributed by atoms with van der Waals surface area (Å²) < 4.78 is 26.7. The zero-order valence-electron chi connectivity index (χ0n) is 11.0. The van der Waals surface area contributed by atoms with Crippen molar-refractivity contribution in [2.24, 2.45) is 4.99 Å². The molecule has 0 fully saturated rings. The van der Waals surface area contributed by atoms with Crippen LogP contribution in [0.5, 0.6) is 0 Å². The van der Waals surface area contributed by atoms with Crippen LogP contribution in [-0.4, -0.2) is 18.5 Å². The quantitative estimate of drug-likeness (QED) is 0.391. The van der Waals surface area contributed by atoms with Gasteiger partial charge < -0.3 is 0 Å². The molecule has 9 heteroatoms. The third-order valence-corrected chi connectivity index (χ3v) is 4.12. The molecule has 0 heterocycles. The Morgan fingerprint density at radius 3 is 2.45 bits per heavy atom. The number of nitrogens with zero attached hydrogens (tertiary/aromatic N) is 2. The summed E-state index contributed by atoms with van der Waals surface area (Å²) >= 11 is 4.46. The molecule has 0 amide bonds. The Labute approximate surface area is 131 Å². The highest BCUT2D eigenvalue weighted by Crippen LogP contribution is 2.22. The molecule has 0 saturated heterocycles. The van der Waals surface area contributed by atoms with Gasteiger partial charge in [-0.3, -0.25) is 14.8 Å². The van der Waals surface area contributed by atoms with Gasteiger partial charge in [0.25, 0.3) is 15.7 Å². The van der Waals surface area contributed by atoms with Gasteiger partial charge in [-0.2, -0.15) is 4.99 Å². The number of benzene rings is 2. The van der Waals surface area contributed by atoms with E-state index < -0.39 is 14.9 Å². The fraction of sp³-hybridized carbons (Fsp3) is 0. The number of aliphatic imine (C=N–C) groups is 1. The minimum absolute atomic E-state index is 0.00215. The van der Waals surface area contributed by atoms with Crippen LogP contribution in [0.15, 0.2) is 58.4 Å². The first-order chi connectivity index (χ1) is 10.4. The van der Waals surface area contributed by atoms with Crippen molar-refractivity contribution in [3.63, 3.8) is 0 Å². The number of isothiocyanates is 1. The second kappa shape index (κ2) is 6.44. The van der Waals surface area contributed by atoms with Crippen molar-refractivity contribution in [1.29, 1.82) is 0 Å². The lowest BCUT2D eigenvalue weighted by atomic mass is 10.3. The smallest absolute Gasteiger partial charge is 0.271 e. The first-order valence-corrected chi connectivity index (χ1v) is 7.77. The molecule has 0 aliphatic heterocycles. The number of non-ortho nitro benzene ring substituents is 1. The van der Waals surface area contributed by atoms with Gasteiger partial charge in [-0.25, -0.2) is 8.42 Å². The number of nitrogens with one attached hydrogen (secondary N) is 1. The molecule has 0 unspecified atom stereocenters. The summed E-state index contributed by atoms with van der Waals surface area (Å²) in [4.78, 5) is 13.8. The predicted octanol–water partition coefficient (Wildman–Crippen LogP) is 3.13. The van der Waals surface area contributed by atoms with Gasteiger partial charge in [0.05, 0.1) is 26.4 Å². The van der Waals surface area contributed by atoms with Gasteiger partial charge in [-0.15, -0.1) is 0 Å². The fourth-order valence-electron chi connectivity index (χ4n) is 1.65. The average molecular weight is 335 g/mol. The molecule has 0 bridgehead atoms. The predicted molar refractivity (Wildman–Crippen MR) is 85.0 cm³/mol. The third-order valence-electron chi connectivity index (χ3n) is 2.63. The molecule has 0 aliphatic carbocycles. The highest BCUT2D eigenvalue weighted by molar-refractivity contribution is 7.92. The number of rotatable bonds is 5. The van der Waals surface area contributed by atoms with Crippen molar-refractivity contribution < 1.29 is 13.3 Å². The SMILES string of the molecule is O=[N+]([O-])c1cccc(NS(=O)(=O)c2ccc(N=C=S)cc2)c1. The van der Waals surface area contributed by atoms with Gasteiger partial charge in [0, 0.05) is 12.1 Å². The van der Waals surface area contributed by atoms with Crippen LogP contribution in [0.25, 0.3) is 0 Å². The van der Waals surface area contributed by atoms with E-state index in [1.54, 1.807) is 0 Å². The Morgan fingerprint density at radius 2 is 1.86 bits per heavy atom. The average Bonchev–Trinajstić information content (AvgIpc) is 2.48. The van der Waals surface area contributed by atoms with E-state index in [4.69, 9.17) is 0 Å². The van der Waals surface area contributed by atoms with Crippen molar-refractivity contribution in [2.75, 3.05) is 4.72 Å². The molecule has 0 aromatic heterocycles. The molecule has 0 spiro atoms. The number of hydrogen-bond acceptors (Lipinski definition) is 6. The van der Waals surface area contributed by atoms with E-state index in [-0.39, 0.29) is 16.3 Å². The van der Waals surface area contributed by atoms with Crippen LogP contribution in [0.2, 0.25) is 0 Å². The molecule has 2 aromatic carbocycles. The molecule has 1 N–H and O–H groups in total. The second-order valence-electron chi connectivity index (χ2n) is 4.11. The lowest BCUT2D eigenvalue weighted by Gasteiger charge is -2.08. The summed E-state index contributed by atoms with van der Waals surface area (Å²) in [5.74, 6) is 0. The van der Waals surface area contributed by atoms with E-state index in [0.29, 0.717) is 5.69 Å². The van der Waals surface area contributed by atoms with Crippen LogP contribution in [0, 0.1) is 10.1 Å². The van der Waals surface area contributed by atoms with Crippen molar-refractivity contribution in [2.45, 2.75) is 4.90 Å². The van der Waals surface area contributed by atoms with Gasteiger partial charge >= 0.3 is 0 Å². The zero-order chi connectivity index (χ0) is 16.2. The minimum Gasteiger partial charge on any atom is -0.279 e. The molecule has 22 heavy (non-hydrogen) atoms. The van der Waals surface area contributed by atoms with Crippen LogP contribution >= 0.6 is 12.2 Å². The van der Waals surface area contributed by atoms with Crippen LogP contribution < -0.4 is 4.72 Å². The normalized spacial score (nSPS) is 10.5. The molecule has 0 aliphatic rings. The molecule has 2 aromatic rings. The second-order valence-corrected chi connectivity index (χ2v) is 5.97. The maximum absolute atomic E-state index is 12.2. The topological polar surface area (TPSA) is 102 Å². The van der Waals surface area contributed by atoms with Gasteiger partial charge in [0.2, 0.25) is 0 Å². The molecule has 0 atom stereocenters. The molecular formula is C13H9N3O4S2. The van der Waals surface area contributed by atoms with E-state index in [1.807, 2.05) is 0 Å². The summed E-state index contributed by atoms with van der Waals surface area (Å²) in [5.41, 5.74) is 0.380. The number of sulfonamides is 1. The van der Waals surface area contributed by atoms with Crippen molar-refractivity contribution in [3.8, 4) is 0 Å². The lowest BCUT2D eigenvalue weighted by molar-refractivity contribution is -0.384. The van der Waals surface area contributed by atoms with Crippen molar-refractivity contribution in [3.05, 3.63) is 58.6 Å². The number of thiocarbonyl (C=S) groups is 1. The van der Waals surface area contributed by atoms with Gasteiger partial charge in [0.15, 0.2) is 0 Å². The van der Waals surface area contributed by atoms with Gasteiger partial charge in [-0.1, -0.05) is 6.07 Å². The molecule has 2 rings (SSSR count). The monoisotopic (exact) mass is 335 g/mol. The summed E-state index contributed by atoms with van der Waals surface area (Å²) in [6.07, 6.45) is 0. The van der Waals surface area contributed by atoms with Gasteiger partial charge in [-0.05, 0) is 42.5 Å². The van der Waals surface area contributed by atoms with Crippen LogP contribution in [-0.2, 0) is 10.0 Å². The number of nitro benzene ring substituents is 1. The maximum atomic E-state index is 12.2. The lowest BCUT2D eigenvalue weighted by Crippen LogP contribution is -2.12. The largest absolute Gasteiger partial charge is 0.279 e. The van der Waals surface area contributed by atoms with Crippen LogP contribution in [0.1, 0.15) is 0 Å². The fourth-order valence-corrected chi connectivity index (χ4v) is 2.80. The van der Waals surface area contributed by atoms with Crippen molar-refractivity contribution >= 4 is 44.5 Å². The standard InChI is InChI=1S/C13H9N3O4S2/c17-16(18)12-3-1-2-11(8-12)15-22(19,20)13-6-4-10(5-7-13)14-9-21/h1-8,15H. The van der Waals surface area contributed by atoms with E-state index in [0.717, 1.165) is 6.07 Å². The Balaban J connectivity index is 2.29. The minimum atomic E-state index is -3.85. The highest BCUT2D eigenvalue weighted by Gasteiger charge is 2.15. The first kappa shape index (κ1) is 15.8. The molecule has 0 radical (unpaired) electrons. The van der Waals surface area contributed by atoms with Crippen LogP contribution in [0.4, 0.5) is 17.1 Å². The maximum Gasteiger partial charge on any atom is 0.271 e. The Bertz CT molecular complexity index is 857. The number of nitro groups is 1. The third kappa shape index (κ3) is 3.73.